The molecule has 6 aromatic carbocycles. The molecular weight excluding hydrogens is 568 g/mol. The first kappa shape index (κ1) is 25.9. The minimum atomic E-state index is 0.480. The number of nitriles is 1. The van der Waals surface area contributed by atoms with Crippen molar-refractivity contribution in [3.05, 3.63) is 139 Å². The lowest BCUT2D eigenvalue weighted by atomic mass is 9.97. The molecule has 0 radical (unpaired) electrons. The molecule has 0 aliphatic carbocycles. The number of rotatable bonds is 4. The molecule has 0 amide bonds. The minimum Gasteiger partial charge on any atom is -0.456 e. The minimum absolute atomic E-state index is 0.480. The zero-order chi connectivity index (χ0) is 30.6. The standard InChI is InChI=1S/C40H22N4O2/c41-23-24-9-6-12-27(21-24)39-42-38(25-10-2-1-3-11-25)43-40(44-39)32-16-7-15-31-36-28(14-8-18-34(36)46-37(31)32)26-19-20-30-29-13-4-5-17-33(29)45-35(30)22-26/h1-22H. The molecule has 9 rings (SSSR count). The van der Waals surface area contributed by atoms with E-state index >= 15 is 0 Å². The van der Waals surface area contributed by atoms with Crippen LogP contribution in [0.15, 0.2) is 142 Å². The van der Waals surface area contributed by atoms with E-state index in [9.17, 15) is 5.26 Å². The van der Waals surface area contributed by atoms with E-state index in [0.717, 1.165) is 66.1 Å². The zero-order valence-electron chi connectivity index (χ0n) is 24.3. The van der Waals surface area contributed by atoms with Gasteiger partial charge in [-0.3, -0.25) is 0 Å². The Balaban J connectivity index is 1.25. The molecular formula is C40H22N4O2. The van der Waals surface area contributed by atoms with Crippen LogP contribution < -0.4 is 0 Å². The third-order valence-corrected chi connectivity index (χ3v) is 8.37. The largest absolute Gasteiger partial charge is 0.456 e. The Kier molecular flexibility index (Phi) is 5.77. The van der Waals surface area contributed by atoms with Crippen molar-refractivity contribution in [3.63, 3.8) is 0 Å². The summed E-state index contributed by atoms with van der Waals surface area (Å²) in [6, 6.07) is 46.0. The van der Waals surface area contributed by atoms with Crippen LogP contribution in [0.5, 0.6) is 0 Å². The number of benzene rings is 6. The van der Waals surface area contributed by atoms with Crippen LogP contribution in [-0.4, -0.2) is 15.0 Å². The van der Waals surface area contributed by atoms with E-state index < -0.39 is 0 Å². The summed E-state index contributed by atoms with van der Waals surface area (Å²) < 4.78 is 12.8. The van der Waals surface area contributed by atoms with Gasteiger partial charge in [0, 0.05) is 32.7 Å². The molecule has 0 N–H and O–H groups in total. The Labute approximate surface area is 262 Å². The second-order valence-corrected chi connectivity index (χ2v) is 11.1. The van der Waals surface area contributed by atoms with Crippen LogP contribution in [0, 0.1) is 11.3 Å². The maximum absolute atomic E-state index is 9.53. The fourth-order valence-corrected chi connectivity index (χ4v) is 6.23. The van der Waals surface area contributed by atoms with Crippen LogP contribution in [0.4, 0.5) is 0 Å². The fourth-order valence-electron chi connectivity index (χ4n) is 6.23. The lowest BCUT2D eigenvalue weighted by Gasteiger charge is -2.09. The van der Waals surface area contributed by atoms with Crippen LogP contribution in [0.2, 0.25) is 0 Å². The summed E-state index contributed by atoms with van der Waals surface area (Å²) in [4.78, 5) is 14.7. The zero-order valence-corrected chi connectivity index (χ0v) is 24.3. The fraction of sp³-hybridized carbons (Fsp3) is 0. The number of furan rings is 2. The summed E-state index contributed by atoms with van der Waals surface area (Å²) in [6.45, 7) is 0. The van der Waals surface area contributed by atoms with Crippen molar-refractivity contribution in [1.82, 2.24) is 15.0 Å². The van der Waals surface area contributed by atoms with Crippen molar-refractivity contribution in [2.45, 2.75) is 0 Å². The number of para-hydroxylation sites is 2. The number of hydrogen-bond donors (Lipinski definition) is 0. The number of fused-ring (bicyclic) bond motifs is 6. The van der Waals surface area contributed by atoms with Crippen molar-refractivity contribution in [2.75, 3.05) is 0 Å². The lowest BCUT2D eigenvalue weighted by molar-refractivity contribution is 0.668. The van der Waals surface area contributed by atoms with Gasteiger partial charge in [0.2, 0.25) is 0 Å². The molecule has 3 aromatic heterocycles. The molecule has 46 heavy (non-hydrogen) atoms. The first-order valence-corrected chi connectivity index (χ1v) is 14.9. The van der Waals surface area contributed by atoms with Gasteiger partial charge in [0.15, 0.2) is 17.5 Å². The average Bonchev–Trinajstić information content (AvgIpc) is 3.70. The summed E-state index contributed by atoms with van der Waals surface area (Å²) in [5.74, 6) is 1.51. The van der Waals surface area contributed by atoms with Crippen LogP contribution >= 0.6 is 0 Å². The van der Waals surface area contributed by atoms with Crippen LogP contribution in [0.1, 0.15) is 5.56 Å². The van der Waals surface area contributed by atoms with E-state index in [1.54, 1.807) is 12.1 Å². The molecule has 6 heteroatoms. The van der Waals surface area contributed by atoms with Gasteiger partial charge >= 0.3 is 0 Å². The smallest absolute Gasteiger partial charge is 0.167 e. The van der Waals surface area contributed by atoms with Crippen LogP contribution in [0.25, 0.3) is 89.2 Å². The van der Waals surface area contributed by atoms with Gasteiger partial charge in [-0.1, -0.05) is 91.0 Å². The number of aromatic nitrogens is 3. The van der Waals surface area contributed by atoms with Gasteiger partial charge in [-0.05, 0) is 53.6 Å². The van der Waals surface area contributed by atoms with Crippen molar-refractivity contribution in [2.24, 2.45) is 0 Å². The summed E-state index contributed by atoms with van der Waals surface area (Å²) in [5, 5.41) is 13.7. The normalized spacial score (nSPS) is 11.5. The third-order valence-electron chi connectivity index (χ3n) is 8.37. The second-order valence-electron chi connectivity index (χ2n) is 11.1. The second kappa shape index (κ2) is 10.3. The lowest BCUT2D eigenvalue weighted by Crippen LogP contribution is -2.00. The quantitative estimate of drug-likeness (QED) is 0.203. The molecule has 0 atom stereocenters. The molecule has 0 saturated carbocycles. The van der Waals surface area contributed by atoms with E-state index in [0.29, 0.717) is 28.6 Å². The van der Waals surface area contributed by atoms with E-state index in [-0.39, 0.29) is 0 Å². The Morgan fingerprint density at radius 2 is 1.13 bits per heavy atom. The van der Waals surface area contributed by atoms with E-state index in [1.165, 1.54) is 0 Å². The molecule has 0 aliphatic heterocycles. The van der Waals surface area contributed by atoms with Crippen LogP contribution in [-0.2, 0) is 0 Å². The van der Waals surface area contributed by atoms with E-state index in [1.807, 2.05) is 84.9 Å². The van der Waals surface area contributed by atoms with Gasteiger partial charge in [-0.2, -0.15) is 5.26 Å². The maximum atomic E-state index is 9.53. The monoisotopic (exact) mass is 590 g/mol. The van der Waals surface area contributed by atoms with Crippen molar-refractivity contribution < 1.29 is 8.83 Å². The molecule has 0 saturated heterocycles. The SMILES string of the molecule is N#Cc1cccc(-c2nc(-c3ccccc3)nc(-c3cccc4c3oc3cccc(-c5ccc6c(c5)oc5ccccc56)c34)n2)c1. The highest BCUT2D eigenvalue weighted by atomic mass is 16.3. The first-order valence-electron chi connectivity index (χ1n) is 14.9. The Bertz CT molecular complexity index is 2660. The Morgan fingerprint density at radius 1 is 0.457 bits per heavy atom. The van der Waals surface area contributed by atoms with Crippen molar-refractivity contribution in [1.29, 1.82) is 5.26 Å². The van der Waals surface area contributed by atoms with E-state index in [4.69, 9.17) is 23.8 Å². The summed E-state index contributed by atoms with van der Waals surface area (Å²) in [5.41, 5.74) is 8.15. The van der Waals surface area contributed by atoms with Gasteiger partial charge in [0.05, 0.1) is 17.2 Å². The van der Waals surface area contributed by atoms with Crippen LogP contribution in [0.3, 0.4) is 0 Å². The summed E-state index contributed by atoms with van der Waals surface area (Å²) >= 11 is 0. The van der Waals surface area contributed by atoms with Crippen molar-refractivity contribution in [3.8, 4) is 51.4 Å². The molecule has 0 spiro atoms. The molecule has 0 fully saturated rings. The highest BCUT2D eigenvalue weighted by Gasteiger charge is 2.20. The molecule has 6 nitrogen and oxygen atoms in total. The highest BCUT2D eigenvalue weighted by Crippen LogP contribution is 2.41. The predicted molar refractivity (Wildman–Crippen MR) is 181 cm³/mol. The van der Waals surface area contributed by atoms with Crippen molar-refractivity contribution >= 4 is 43.9 Å². The molecule has 214 valence electrons. The third kappa shape index (κ3) is 4.15. The summed E-state index contributed by atoms with van der Waals surface area (Å²) in [6.07, 6.45) is 0. The molecule has 0 unspecified atom stereocenters. The van der Waals surface area contributed by atoms with Gasteiger partial charge in [-0.25, -0.2) is 15.0 Å². The number of nitrogens with zero attached hydrogens (tertiary/aromatic N) is 4. The molecule has 9 aromatic rings. The molecule has 0 bridgehead atoms. The van der Waals surface area contributed by atoms with Gasteiger partial charge in [0.25, 0.3) is 0 Å². The van der Waals surface area contributed by atoms with Gasteiger partial charge in [0.1, 0.15) is 22.3 Å². The van der Waals surface area contributed by atoms with Gasteiger partial charge in [-0.15, -0.1) is 0 Å². The predicted octanol–water partition coefficient (Wildman–Crippen LogP) is 10.2. The average molecular weight is 591 g/mol. The topological polar surface area (TPSA) is 88.7 Å². The first-order chi connectivity index (χ1) is 22.7. The van der Waals surface area contributed by atoms with Gasteiger partial charge < -0.3 is 8.83 Å². The molecule has 3 heterocycles. The summed E-state index contributed by atoms with van der Waals surface area (Å²) in [7, 11) is 0. The number of hydrogen-bond acceptors (Lipinski definition) is 6. The molecule has 0 aliphatic rings. The van der Waals surface area contributed by atoms with E-state index in [2.05, 4.69) is 42.5 Å². The maximum Gasteiger partial charge on any atom is 0.167 e. The Hall–Kier alpha value is -6.58. The Morgan fingerprint density at radius 3 is 2.02 bits per heavy atom. The highest BCUT2D eigenvalue weighted by molar-refractivity contribution is 6.16.